The minimum absolute atomic E-state index is 0.147. The van der Waals surface area contributed by atoms with Crippen molar-refractivity contribution in [1.29, 1.82) is 0 Å². The Labute approximate surface area is 143 Å². The summed E-state index contributed by atoms with van der Waals surface area (Å²) in [4.78, 5) is 25.2. The molecule has 0 bridgehead atoms. The predicted molar refractivity (Wildman–Crippen MR) is 89.4 cm³/mol. The van der Waals surface area contributed by atoms with Gasteiger partial charge in [-0.25, -0.2) is 4.79 Å². The van der Waals surface area contributed by atoms with E-state index in [2.05, 4.69) is 0 Å². The van der Waals surface area contributed by atoms with E-state index in [9.17, 15) is 9.59 Å². The van der Waals surface area contributed by atoms with Crippen molar-refractivity contribution in [3.8, 4) is 11.5 Å². The van der Waals surface area contributed by atoms with Gasteiger partial charge >= 0.3 is 5.97 Å². The monoisotopic (exact) mass is 337 g/mol. The first-order valence-electron chi connectivity index (χ1n) is 7.90. The lowest BCUT2D eigenvalue weighted by Crippen LogP contribution is -2.05. The number of pyridine rings is 1. The third-order valence-electron chi connectivity index (χ3n) is 4.04. The molecule has 0 unspecified atom stereocenters. The summed E-state index contributed by atoms with van der Waals surface area (Å²) in [5.74, 6) is 0.493. The molecule has 0 atom stereocenters. The molecule has 0 radical (unpaired) electrons. The summed E-state index contributed by atoms with van der Waals surface area (Å²) >= 11 is 0. The van der Waals surface area contributed by atoms with E-state index in [0.717, 1.165) is 0 Å². The second kappa shape index (κ2) is 5.98. The van der Waals surface area contributed by atoms with Crippen LogP contribution in [0.5, 0.6) is 11.5 Å². The summed E-state index contributed by atoms with van der Waals surface area (Å²) in [6.45, 7) is 2.16. The number of fused-ring (bicyclic) bond motifs is 2. The number of carbonyl (C=O) groups excluding carboxylic acids is 2. The van der Waals surface area contributed by atoms with E-state index in [1.165, 1.54) is 0 Å². The molecule has 4 rings (SSSR count). The average Bonchev–Trinajstić information content (AvgIpc) is 3.25. The third kappa shape index (κ3) is 2.52. The zero-order chi connectivity index (χ0) is 17.4. The van der Waals surface area contributed by atoms with E-state index in [1.807, 2.05) is 6.07 Å². The molecule has 1 aliphatic rings. The van der Waals surface area contributed by atoms with E-state index < -0.39 is 5.97 Å². The van der Waals surface area contributed by atoms with Crippen molar-refractivity contribution < 1.29 is 23.8 Å². The summed E-state index contributed by atoms with van der Waals surface area (Å²) in [6.07, 6.45) is 1.75. The van der Waals surface area contributed by atoms with Gasteiger partial charge in [0.25, 0.3) is 0 Å². The van der Waals surface area contributed by atoms with Crippen LogP contribution in [0.15, 0.2) is 48.7 Å². The predicted octanol–water partition coefficient (Wildman–Crippen LogP) is 3.08. The molecule has 0 aliphatic carbocycles. The van der Waals surface area contributed by atoms with Crippen LogP contribution in [0.3, 0.4) is 0 Å². The topological polar surface area (TPSA) is 66.2 Å². The maximum Gasteiger partial charge on any atom is 0.340 e. The Morgan fingerprint density at radius 1 is 1.12 bits per heavy atom. The van der Waals surface area contributed by atoms with Crippen LogP contribution < -0.4 is 9.47 Å². The van der Waals surface area contributed by atoms with Crippen LogP contribution in [0.25, 0.3) is 5.52 Å². The quantitative estimate of drug-likeness (QED) is 0.541. The highest BCUT2D eigenvalue weighted by Crippen LogP contribution is 2.33. The van der Waals surface area contributed by atoms with E-state index in [-0.39, 0.29) is 19.2 Å². The Balaban J connectivity index is 1.81. The SMILES string of the molecule is CCOC(=O)c1cc(C(=O)c2ccc3c(c2)OCO3)n2ccccc12. The molecule has 1 aromatic carbocycles. The highest BCUT2D eigenvalue weighted by molar-refractivity contribution is 6.11. The van der Waals surface area contributed by atoms with Crippen molar-refractivity contribution in [1.82, 2.24) is 4.40 Å². The molecule has 126 valence electrons. The first-order chi connectivity index (χ1) is 12.2. The van der Waals surface area contributed by atoms with E-state index in [1.54, 1.807) is 53.9 Å². The van der Waals surface area contributed by atoms with Crippen molar-refractivity contribution in [2.24, 2.45) is 0 Å². The fourth-order valence-electron chi connectivity index (χ4n) is 2.89. The number of nitrogens with zero attached hydrogens (tertiary/aromatic N) is 1. The van der Waals surface area contributed by atoms with Gasteiger partial charge in [-0.2, -0.15) is 0 Å². The van der Waals surface area contributed by atoms with Crippen LogP contribution in [-0.2, 0) is 4.74 Å². The number of ether oxygens (including phenoxy) is 3. The van der Waals surface area contributed by atoms with Crippen LogP contribution >= 0.6 is 0 Å². The Bertz CT molecular complexity index is 989. The first-order valence-corrected chi connectivity index (χ1v) is 7.90. The van der Waals surface area contributed by atoms with Gasteiger partial charge in [0.15, 0.2) is 11.5 Å². The number of benzene rings is 1. The maximum atomic E-state index is 13.0. The van der Waals surface area contributed by atoms with Crippen molar-refractivity contribution in [3.63, 3.8) is 0 Å². The molecule has 0 saturated carbocycles. The van der Waals surface area contributed by atoms with Crippen LogP contribution in [-0.4, -0.2) is 29.6 Å². The Morgan fingerprint density at radius 2 is 1.96 bits per heavy atom. The summed E-state index contributed by atoms with van der Waals surface area (Å²) in [6, 6.07) is 12.0. The van der Waals surface area contributed by atoms with Gasteiger partial charge in [0.1, 0.15) is 0 Å². The second-order valence-corrected chi connectivity index (χ2v) is 5.52. The Kier molecular flexibility index (Phi) is 3.65. The lowest BCUT2D eigenvalue weighted by Gasteiger charge is -2.03. The third-order valence-corrected chi connectivity index (χ3v) is 4.04. The molecule has 25 heavy (non-hydrogen) atoms. The number of hydrogen-bond donors (Lipinski definition) is 0. The lowest BCUT2D eigenvalue weighted by molar-refractivity contribution is 0.0529. The molecule has 0 amide bonds. The number of aromatic nitrogens is 1. The van der Waals surface area contributed by atoms with Gasteiger partial charge < -0.3 is 18.6 Å². The van der Waals surface area contributed by atoms with Gasteiger partial charge in [-0.1, -0.05) is 6.07 Å². The zero-order valence-corrected chi connectivity index (χ0v) is 13.5. The molecular formula is C19H15NO5. The fraction of sp³-hybridized carbons (Fsp3) is 0.158. The van der Waals surface area contributed by atoms with Crippen molar-refractivity contribution in [2.45, 2.75) is 6.92 Å². The standard InChI is InChI=1S/C19H15NO5/c1-2-23-19(22)13-10-15(20-8-4-3-5-14(13)20)18(21)12-6-7-16-17(9-12)25-11-24-16/h3-10H,2,11H2,1H3. The van der Waals surface area contributed by atoms with Gasteiger partial charge in [-0.05, 0) is 43.3 Å². The molecule has 3 aromatic rings. The second-order valence-electron chi connectivity index (χ2n) is 5.52. The highest BCUT2D eigenvalue weighted by Gasteiger charge is 2.23. The molecule has 6 heteroatoms. The van der Waals surface area contributed by atoms with Crippen molar-refractivity contribution >= 4 is 17.3 Å². The summed E-state index contributed by atoms with van der Waals surface area (Å²) in [5, 5.41) is 0. The fourth-order valence-corrected chi connectivity index (χ4v) is 2.89. The lowest BCUT2D eigenvalue weighted by atomic mass is 10.1. The summed E-state index contributed by atoms with van der Waals surface area (Å²) < 4.78 is 17.4. The smallest absolute Gasteiger partial charge is 0.340 e. The van der Waals surface area contributed by atoms with Crippen molar-refractivity contribution in [2.75, 3.05) is 13.4 Å². The number of rotatable bonds is 4. The maximum absolute atomic E-state index is 13.0. The van der Waals surface area contributed by atoms with Crippen LogP contribution in [0.2, 0.25) is 0 Å². The van der Waals surface area contributed by atoms with Crippen LogP contribution in [0.1, 0.15) is 33.3 Å². The van der Waals surface area contributed by atoms with E-state index in [4.69, 9.17) is 14.2 Å². The molecular weight excluding hydrogens is 322 g/mol. The number of hydrogen-bond acceptors (Lipinski definition) is 5. The minimum atomic E-state index is -0.448. The molecule has 0 spiro atoms. The molecule has 0 fully saturated rings. The van der Waals surface area contributed by atoms with Gasteiger partial charge in [-0.15, -0.1) is 0 Å². The molecule has 3 heterocycles. The molecule has 0 N–H and O–H groups in total. The molecule has 1 aliphatic heterocycles. The molecule has 0 saturated heterocycles. The van der Waals surface area contributed by atoms with E-state index in [0.29, 0.717) is 33.8 Å². The number of ketones is 1. The normalized spacial score (nSPS) is 12.4. The largest absolute Gasteiger partial charge is 0.462 e. The van der Waals surface area contributed by atoms with Crippen LogP contribution in [0.4, 0.5) is 0 Å². The van der Waals surface area contributed by atoms with Gasteiger partial charge in [-0.3, -0.25) is 4.79 Å². The summed E-state index contributed by atoms with van der Waals surface area (Å²) in [7, 11) is 0. The summed E-state index contributed by atoms with van der Waals surface area (Å²) in [5.41, 5.74) is 1.84. The number of carbonyl (C=O) groups is 2. The molecule has 2 aromatic heterocycles. The average molecular weight is 337 g/mol. The van der Waals surface area contributed by atoms with Gasteiger partial charge in [0.2, 0.25) is 12.6 Å². The van der Waals surface area contributed by atoms with E-state index >= 15 is 0 Å². The molecule has 6 nitrogen and oxygen atoms in total. The van der Waals surface area contributed by atoms with Gasteiger partial charge in [0, 0.05) is 11.8 Å². The zero-order valence-electron chi connectivity index (χ0n) is 13.5. The Hall–Kier alpha value is -3.28. The minimum Gasteiger partial charge on any atom is -0.462 e. The van der Waals surface area contributed by atoms with Crippen LogP contribution in [0, 0.1) is 0 Å². The Morgan fingerprint density at radius 3 is 2.80 bits per heavy atom. The number of esters is 1. The highest BCUT2D eigenvalue weighted by atomic mass is 16.7. The van der Waals surface area contributed by atoms with Gasteiger partial charge in [0.05, 0.1) is 23.4 Å². The van der Waals surface area contributed by atoms with Crippen molar-refractivity contribution in [3.05, 3.63) is 65.5 Å². The first kappa shape index (κ1) is 15.3.